The van der Waals surface area contributed by atoms with Crippen LogP contribution < -0.4 is 0 Å². The van der Waals surface area contributed by atoms with Gasteiger partial charge in [0.2, 0.25) is 0 Å². The van der Waals surface area contributed by atoms with Crippen LogP contribution in [0, 0.1) is 23.2 Å². The molecule has 2 saturated carbocycles. The van der Waals surface area contributed by atoms with Crippen LogP contribution in [-0.2, 0) is 0 Å². The zero-order valence-electron chi connectivity index (χ0n) is 11.6. The first-order chi connectivity index (χ1) is 7.92. The highest BCUT2D eigenvalue weighted by atomic mass is 16.3. The van der Waals surface area contributed by atoms with Gasteiger partial charge in [0.1, 0.15) is 0 Å². The minimum absolute atomic E-state index is 0.206. The summed E-state index contributed by atoms with van der Waals surface area (Å²) in [4.78, 5) is 0. The van der Waals surface area contributed by atoms with Gasteiger partial charge in [0.05, 0.1) is 5.60 Å². The Bertz CT molecular complexity index is 274. The predicted molar refractivity (Wildman–Crippen MR) is 69.7 cm³/mol. The highest BCUT2D eigenvalue weighted by molar-refractivity contribution is 5.04. The van der Waals surface area contributed by atoms with Gasteiger partial charge < -0.3 is 10.2 Å². The summed E-state index contributed by atoms with van der Waals surface area (Å²) in [5.41, 5.74) is -0.340. The fourth-order valence-corrected chi connectivity index (χ4v) is 4.99. The largest absolute Gasteiger partial charge is 0.396 e. The Morgan fingerprint density at radius 2 is 1.88 bits per heavy atom. The van der Waals surface area contributed by atoms with Gasteiger partial charge in [-0.2, -0.15) is 0 Å². The molecule has 2 aliphatic rings. The zero-order chi connectivity index (χ0) is 12.7. The van der Waals surface area contributed by atoms with Gasteiger partial charge in [0.15, 0.2) is 0 Å². The molecule has 0 radical (unpaired) electrons. The lowest BCUT2D eigenvalue weighted by Gasteiger charge is -2.58. The quantitative estimate of drug-likeness (QED) is 0.779. The number of rotatable bonds is 2. The Hall–Kier alpha value is -0.0800. The minimum atomic E-state index is -0.578. The molecule has 0 saturated heterocycles. The van der Waals surface area contributed by atoms with Gasteiger partial charge in [0.25, 0.3) is 0 Å². The third kappa shape index (κ3) is 2.15. The van der Waals surface area contributed by atoms with Crippen LogP contribution in [0.4, 0.5) is 0 Å². The molecule has 2 N–H and O–H groups in total. The Labute approximate surface area is 105 Å². The van der Waals surface area contributed by atoms with Crippen LogP contribution in [0.2, 0.25) is 0 Å². The van der Waals surface area contributed by atoms with Crippen molar-refractivity contribution >= 4 is 0 Å². The first kappa shape index (κ1) is 13.4. The zero-order valence-corrected chi connectivity index (χ0v) is 11.6. The number of fused-ring (bicyclic) bond motifs is 1. The van der Waals surface area contributed by atoms with Crippen molar-refractivity contribution in [2.75, 3.05) is 6.61 Å². The van der Waals surface area contributed by atoms with Crippen molar-refractivity contribution in [3.05, 3.63) is 0 Å². The van der Waals surface area contributed by atoms with Crippen molar-refractivity contribution in [3.63, 3.8) is 0 Å². The van der Waals surface area contributed by atoms with E-state index in [1.165, 1.54) is 19.3 Å². The molecule has 2 aliphatic carbocycles. The molecule has 0 amide bonds. The van der Waals surface area contributed by atoms with Crippen LogP contribution in [0.3, 0.4) is 0 Å². The summed E-state index contributed by atoms with van der Waals surface area (Å²) >= 11 is 0. The molecule has 2 fully saturated rings. The van der Waals surface area contributed by atoms with Crippen molar-refractivity contribution in [1.82, 2.24) is 0 Å². The smallest absolute Gasteiger partial charge is 0.0654 e. The van der Waals surface area contributed by atoms with E-state index in [1.54, 1.807) is 0 Å². The van der Waals surface area contributed by atoms with Crippen LogP contribution >= 0.6 is 0 Å². The van der Waals surface area contributed by atoms with Crippen LogP contribution in [0.25, 0.3) is 0 Å². The third-order valence-corrected chi connectivity index (χ3v) is 5.83. The Morgan fingerprint density at radius 1 is 1.18 bits per heavy atom. The molecular formula is C15H28O2. The minimum Gasteiger partial charge on any atom is -0.396 e. The Balaban J connectivity index is 2.29. The van der Waals surface area contributed by atoms with E-state index in [4.69, 9.17) is 0 Å². The van der Waals surface area contributed by atoms with E-state index < -0.39 is 5.60 Å². The molecule has 5 atom stereocenters. The number of aliphatic hydroxyl groups is 2. The van der Waals surface area contributed by atoms with E-state index in [0.717, 1.165) is 31.1 Å². The van der Waals surface area contributed by atoms with Crippen molar-refractivity contribution in [2.45, 2.75) is 64.9 Å². The maximum atomic E-state index is 10.6. The van der Waals surface area contributed by atoms with Crippen LogP contribution in [0.1, 0.15) is 59.3 Å². The van der Waals surface area contributed by atoms with E-state index in [0.29, 0.717) is 0 Å². The summed E-state index contributed by atoms with van der Waals surface area (Å²) in [5, 5.41) is 20.0. The highest BCUT2D eigenvalue weighted by Gasteiger charge is 2.54. The van der Waals surface area contributed by atoms with Crippen LogP contribution in [0.5, 0.6) is 0 Å². The summed E-state index contributed by atoms with van der Waals surface area (Å²) in [7, 11) is 0. The highest BCUT2D eigenvalue weighted by Crippen LogP contribution is 2.58. The second kappa shape index (κ2) is 4.55. The fourth-order valence-electron chi connectivity index (χ4n) is 4.99. The van der Waals surface area contributed by atoms with Gasteiger partial charge in [-0.25, -0.2) is 0 Å². The molecule has 2 nitrogen and oxygen atoms in total. The molecule has 100 valence electrons. The van der Waals surface area contributed by atoms with Crippen molar-refractivity contribution in [1.29, 1.82) is 0 Å². The average Bonchev–Trinajstić information content (AvgIpc) is 2.23. The van der Waals surface area contributed by atoms with E-state index in [1.807, 2.05) is 6.92 Å². The van der Waals surface area contributed by atoms with Gasteiger partial charge >= 0.3 is 0 Å². The van der Waals surface area contributed by atoms with E-state index in [-0.39, 0.29) is 17.9 Å². The summed E-state index contributed by atoms with van der Waals surface area (Å²) in [5.74, 6) is 1.79. The van der Waals surface area contributed by atoms with Gasteiger partial charge in [-0.3, -0.25) is 0 Å². The lowest BCUT2D eigenvalue weighted by Crippen LogP contribution is -2.55. The SMILES string of the molecule is CC1CCCC2(C)C1CCC(C)(O)C2CCO. The first-order valence-electron chi connectivity index (χ1n) is 7.25. The molecule has 0 aliphatic heterocycles. The molecule has 17 heavy (non-hydrogen) atoms. The van der Waals surface area contributed by atoms with Crippen LogP contribution in [0.15, 0.2) is 0 Å². The molecule has 0 aromatic heterocycles. The van der Waals surface area contributed by atoms with Crippen molar-refractivity contribution in [3.8, 4) is 0 Å². The number of hydrogen-bond acceptors (Lipinski definition) is 2. The first-order valence-corrected chi connectivity index (χ1v) is 7.25. The molecule has 0 bridgehead atoms. The van der Waals surface area contributed by atoms with Gasteiger partial charge in [-0.15, -0.1) is 0 Å². The van der Waals surface area contributed by atoms with Gasteiger partial charge in [0, 0.05) is 6.61 Å². The molecule has 2 heteroatoms. The van der Waals surface area contributed by atoms with E-state index >= 15 is 0 Å². The maximum absolute atomic E-state index is 10.6. The van der Waals surface area contributed by atoms with E-state index in [2.05, 4.69) is 13.8 Å². The summed E-state index contributed by atoms with van der Waals surface area (Å²) in [6.07, 6.45) is 6.67. The van der Waals surface area contributed by atoms with Crippen LogP contribution in [-0.4, -0.2) is 22.4 Å². The number of aliphatic hydroxyl groups excluding tert-OH is 1. The van der Waals surface area contributed by atoms with Gasteiger partial charge in [-0.05, 0) is 55.8 Å². The van der Waals surface area contributed by atoms with Gasteiger partial charge in [-0.1, -0.05) is 26.7 Å². The summed E-state index contributed by atoms with van der Waals surface area (Å²) < 4.78 is 0. The standard InChI is InChI=1S/C15H28O2/c1-11-5-4-8-14(2)12(11)6-9-15(3,17)13(14)7-10-16/h11-13,16-17H,4-10H2,1-3H3. The Morgan fingerprint density at radius 3 is 2.53 bits per heavy atom. The second-order valence-electron chi connectivity index (χ2n) is 6.94. The topological polar surface area (TPSA) is 40.5 Å². The lowest BCUT2D eigenvalue weighted by atomic mass is 9.49. The monoisotopic (exact) mass is 240 g/mol. The normalized spacial score (nSPS) is 51.0. The fraction of sp³-hybridized carbons (Fsp3) is 1.00. The Kier molecular flexibility index (Phi) is 3.57. The predicted octanol–water partition coefficient (Wildman–Crippen LogP) is 2.97. The van der Waals surface area contributed by atoms with E-state index in [9.17, 15) is 10.2 Å². The molecule has 5 unspecified atom stereocenters. The molecule has 0 heterocycles. The number of hydrogen-bond donors (Lipinski definition) is 2. The summed E-state index contributed by atoms with van der Waals surface area (Å²) in [6.45, 7) is 6.92. The molecular weight excluding hydrogens is 212 g/mol. The average molecular weight is 240 g/mol. The summed E-state index contributed by atoms with van der Waals surface area (Å²) in [6, 6.07) is 0. The van der Waals surface area contributed by atoms with Crippen molar-refractivity contribution in [2.24, 2.45) is 23.2 Å². The molecule has 0 aromatic carbocycles. The molecule has 2 rings (SSSR count). The maximum Gasteiger partial charge on any atom is 0.0654 e. The molecule has 0 aromatic rings. The third-order valence-electron chi connectivity index (χ3n) is 5.83. The lowest BCUT2D eigenvalue weighted by molar-refractivity contribution is -0.154. The second-order valence-corrected chi connectivity index (χ2v) is 6.94. The molecule has 0 spiro atoms. The van der Waals surface area contributed by atoms with Crippen molar-refractivity contribution < 1.29 is 10.2 Å².